The minimum atomic E-state index is -1.14. The fourth-order valence-electron chi connectivity index (χ4n) is 1.95. The fraction of sp³-hybridized carbons (Fsp3) is 0.400. The molecule has 0 unspecified atom stereocenters. The van der Waals surface area contributed by atoms with Gasteiger partial charge in [-0.05, 0) is 36.1 Å². The lowest BCUT2D eigenvalue weighted by Gasteiger charge is -2.18. The van der Waals surface area contributed by atoms with Gasteiger partial charge in [0.2, 0.25) is 0 Å². The van der Waals surface area contributed by atoms with Gasteiger partial charge in [0.25, 0.3) is 0 Å². The van der Waals surface area contributed by atoms with Crippen molar-refractivity contribution in [2.75, 3.05) is 0 Å². The third kappa shape index (κ3) is 3.65. The Morgan fingerprint density at radius 1 is 1.29 bits per heavy atom. The number of aromatic carboxylic acids is 1. The SMILES string of the molecule is CC(C)(C)CCn1nnc(C(=O)O)c1-c1ccc(F)cc1. The Hall–Kier alpha value is -2.24. The number of halogens is 1. The minimum Gasteiger partial charge on any atom is -0.476 e. The van der Waals surface area contributed by atoms with E-state index in [1.54, 1.807) is 4.68 Å². The summed E-state index contributed by atoms with van der Waals surface area (Å²) >= 11 is 0. The van der Waals surface area contributed by atoms with Crippen molar-refractivity contribution in [3.63, 3.8) is 0 Å². The summed E-state index contributed by atoms with van der Waals surface area (Å²) in [5, 5.41) is 16.9. The third-order valence-electron chi connectivity index (χ3n) is 3.13. The van der Waals surface area contributed by atoms with E-state index in [9.17, 15) is 14.3 Å². The molecule has 0 amide bonds. The van der Waals surface area contributed by atoms with E-state index in [2.05, 4.69) is 31.1 Å². The van der Waals surface area contributed by atoms with E-state index >= 15 is 0 Å². The zero-order valence-corrected chi connectivity index (χ0v) is 12.3. The second kappa shape index (κ2) is 5.63. The van der Waals surface area contributed by atoms with Crippen molar-refractivity contribution in [1.29, 1.82) is 0 Å². The Labute approximate surface area is 122 Å². The molecule has 5 nitrogen and oxygen atoms in total. The molecule has 0 saturated heterocycles. The second-order valence-corrected chi connectivity index (χ2v) is 6.13. The predicted molar refractivity (Wildman–Crippen MR) is 76.4 cm³/mol. The molecule has 2 aromatic rings. The Morgan fingerprint density at radius 3 is 2.43 bits per heavy atom. The molecule has 0 atom stereocenters. The van der Waals surface area contributed by atoms with Crippen LogP contribution >= 0.6 is 0 Å². The maximum atomic E-state index is 13.0. The minimum absolute atomic E-state index is 0.0927. The average molecular weight is 291 g/mol. The normalized spacial score (nSPS) is 11.6. The molecule has 2 rings (SSSR count). The number of aromatic nitrogens is 3. The van der Waals surface area contributed by atoms with Gasteiger partial charge in [0.15, 0.2) is 5.69 Å². The molecule has 1 aromatic carbocycles. The molecular weight excluding hydrogens is 273 g/mol. The van der Waals surface area contributed by atoms with Crippen molar-refractivity contribution in [1.82, 2.24) is 15.0 Å². The van der Waals surface area contributed by atoms with Crippen molar-refractivity contribution < 1.29 is 14.3 Å². The van der Waals surface area contributed by atoms with Crippen LogP contribution in [0.25, 0.3) is 11.3 Å². The first-order chi connectivity index (χ1) is 9.78. The Morgan fingerprint density at radius 2 is 1.90 bits per heavy atom. The lowest BCUT2D eigenvalue weighted by molar-refractivity contribution is 0.0691. The molecule has 0 aliphatic rings. The highest BCUT2D eigenvalue weighted by Gasteiger charge is 2.21. The van der Waals surface area contributed by atoms with Gasteiger partial charge in [0.05, 0.1) is 0 Å². The summed E-state index contributed by atoms with van der Waals surface area (Å²) in [6.07, 6.45) is 0.823. The van der Waals surface area contributed by atoms with Gasteiger partial charge in [-0.2, -0.15) is 0 Å². The quantitative estimate of drug-likeness (QED) is 0.939. The van der Waals surface area contributed by atoms with Gasteiger partial charge in [-0.1, -0.05) is 26.0 Å². The van der Waals surface area contributed by atoms with Crippen LogP contribution in [0.3, 0.4) is 0 Å². The van der Waals surface area contributed by atoms with Crippen LogP contribution in [0.15, 0.2) is 24.3 Å². The van der Waals surface area contributed by atoms with E-state index < -0.39 is 5.97 Å². The van der Waals surface area contributed by atoms with E-state index in [0.29, 0.717) is 17.8 Å². The number of carboxylic acid groups (broad SMARTS) is 1. The number of hydrogen-bond acceptors (Lipinski definition) is 3. The summed E-state index contributed by atoms with van der Waals surface area (Å²) in [7, 11) is 0. The van der Waals surface area contributed by atoms with Crippen LogP contribution in [0.1, 0.15) is 37.7 Å². The number of benzene rings is 1. The number of hydrogen-bond donors (Lipinski definition) is 1. The van der Waals surface area contributed by atoms with Gasteiger partial charge in [-0.25, -0.2) is 13.9 Å². The molecule has 6 heteroatoms. The van der Waals surface area contributed by atoms with Crippen LogP contribution < -0.4 is 0 Å². The number of aryl methyl sites for hydroxylation is 1. The molecule has 0 fully saturated rings. The zero-order chi connectivity index (χ0) is 15.6. The molecule has 0 aliphatic heterocycles. The highest BCUT2D eigenvalue weighted by molar-refractivity contribution is 5.92. The topological polar surface area (TPSA) is 68.0 Å². The molecule has 0 aliphatic carbocycles. The van der Waals surface area contributed by atoms with E-state index in [0.717, 1.165) is 6.42 Å². The first-order valence-corrected chi connectivity index (χ1v) is 6.71. The van der Waals surface area contributed by atoms with Crippen LogP contribution in [0.5, 0.6) is 0 Å². The third-order valence-corrected chi connectivity index (χ3v) is 3.13. The Balaban J connectivity index is 2.42. The largest absolute Gasteiger partial charge is 0.476 e. The van der Waals surface area contributed by atoms with Crippen LogP contribution in [0, 0.1) is 11.2 Å². The molecule has 1 heterocycles. The Kier molecular flexibility index (Phi) is 4.06. The zero-order valence-electron chi connectivity index (χ0n) is 12.3. The molecule has 0 bridgehead atoms. The summed E-state index contributed by atoms with van der Waals surface area (Å²) in [5.41, 5.74) is 0.977. The molecular formula is C15H18FN3O2. The maximum absolute atomic E-state index is 13.0. The maximum Gasteiger partial charge on any atom is 0.358 e. The van der Waals surface area contributed by atoms with Crippen LogP contribution in [0.2, 0.25) is 0 Å². The highest BCUT2D eigenvalue weighted by Crippen LogP contribution is 2.25. The van der Waals surface area contributed by atoms with Gasteiger partial charge < -0.3 is 5.11 Å². The van der Waals surface area contributed by atoms with Crippen LogP contribution in [0.4, 0.5) is 4.39 Å². The molecule has 0 saturated carbocycles. The predicted octanol–water partition coefficient (Wildman–Crippen LogP) is 3.22. The molecule has 1 aromatic heterocycles. The molecule has 0 spiro atoms. The first-order valence-electron chi connectivity index (χ1n) is 6.71. The molecule has 112 valence electrons. The number of rotatable bonds is 4. The first kappa shape index (κ1) is 15.2. The molecule has 0 radical (unpaired) electrons. The summed E-state index contributed by atoms with van der Waals surface area (Å²) in [6, 6.07) is 5.66. The summed E-state index contributed by atoms with van der Waals surface area (Å²) < 4.78 is 14.6. The van der Waals surface area contributed by atoms with Crippen LogP contribution in [-0.4, -0.2) is 26.1 Å². The fourth-order valence-corrected chi connectivity index (χ4v) is 1.95. The van der Waals surface area contributed by atoms with Crippen LogP contribution in [-0.2, 0) is 6.54 Å². The average Bonchev–Trinajstić information content (AvgIpc) is 2.80. The van der Waals surface area contributed by atoms with Crippen molar-refractivity contribution >= 4 is 5.97 Å². The Bertz CT molecular complexity index is 642. The smallest absolute Gasteiger partial charge is 0.358 e. The molecule has 1 N–H and O–H groups in total. The number of carboxylic acids is 1. The molecule has 21 heavy (non-hydrogen) atoms. The van der Waals surface area contributed by atoms with E-state index in [1.807, 2.05) is 0 Å². The van der Waals surface area contributed by atoms with E-state index in [1.165, 1.54) is 24.3 Å². The standard InChI is InChI=1S/C15H18FN3O2/c1-15(2,3)8-9-19-13(12(14(20)21)17-18-19)10-4-6-11(16)7-5-10/h4-7H,8-9H2,1-3H3,(H,20,21). The monoisotopic (exact) mass is 291 g/mol. The summed E-state index contributed by atoms with van der Waals surface area (Å²) in [4.78, 5) is 11.3. The number of carbonyl (C=O) groups is 1. The van der Waals surface area contributed by atoms with E-state index in [-0.39, 0.29) is 16.9 Å². The van der Waals surface area contributed by atoms with Crippen molar-refractivity contribution in [2.24, 2.45) is 5.41 Å². The highest BCUT2D eigenvalue weighted by atomic mass is 19.1. The van der Waals surface area contributed by atoms with Crippen molar-refractivity contribution in [2.45, 2.75) is 33.7 Å². The number of nitrogens with zero attached hydrogens (tertiary/aromatic N) is 3. The summed E-state index contributed by atoms with van der Waals surface area (Å²) in [5.74, 6) is -1.51. The van der Waals surface area contributed by atoms with Crippen molar-refractivity contribution in [3.05, 3.63) is 35.8 Å². The lowest BCUT2D eigenvalue weighted by Crippen LogP contribution is -2.12. The van der Waals surface area contributed by atoms with Gasteiger partial charge in [0, 0.05) is 12.1 Å². The van der Waals surface area contributed by atoms with Crippen molar-refractivity contribution in [3.8, 4) is 11.3 Å². The van der Waals surface area contributed by atoms with Gasteiger partial charge in [-0.3, -0.25) is 0 Å². The van der Waals surface area contributed by atoms with Gasteiger partial charge in [-0.15, -0.1) is 5.10 Å². The lowest BCUT2D eigenvalue weighted by atomic mass is 9.92. The van der Waals surface area contributed by atoms with E-state index in [4.69, 9.17) is 0 Å². The second-order valence-electron chi connectivity index (χ2n) is 6.13. The summed E-state index contributed by atoms with van der Waals surface area (Å²) in [6.45, 7) is 6.84. The van der Waals surface area contributed by atoms with Gasteiger partial charge in [0.1, 0.15) is 11.5 Å². The van der Waals surface area contributed by atoms with Gasteiger partial charge >= 0.3 is 5.97 Å².